The van der Waals surface area contributed by atoms with Gasteiger partial charge in [0.15, 0.2) is 0 Å². The predicted octanol–water partition coefficient (Wildman–Crippen LogP) is 2.66. The quantitative estimate of drug-likeness (QED) is 0.459. The minimum absolute atomic E-state index is 0.215. The van der Waals surface area contributed by atoms with Gasteiger partial charge in [-0.2, -0.15) is 0 Å². The van der Waals surface area contributed by atoms with Gasteiger partial charge in [0.2, 0.25) is 0 Å². The molecule has 0 aromatic rings. The van der Waals surface area contributed by atoms with Gasteiger partial charge >= 0.3 is 0 Å². The molecule has 0 spiro atoms. The van der Waals surface area contributed by atoms with Crippen LogP contribution < -0.4 is 0 Å². The maximum absolute atomic E-state index is 6.17. The van der Waals surface area contributed by atoms with Gasteiger partial charge in [-0.25, -0.2) is 0 Å². The van der Waals surface area contributed by atoms with Crippen molar-refractivity contribution in [3.05, 3.63) is 0 Å². The molecule has 1 heteroatoms. The van der Waals surface area contributed by atoms with Crippen molar-refractivity contribution < 1.29 is 0 Å². The van der Waals surface area contributed by atoms with Crippen LogP contribution >= 0.6 is 11.6 Å². The molecule has 0 saturated heterocycles. The van der Waals surface area contributed by atoms with E-state index in [2.05, 4.69) is 13.8 Å². The van der Waals surface area contributed by atoms with Crippen molar-refractivity contribution in [2.45, 2.75) is 31.6 Å². The van der Waals surface area contributed by atoms with Crippen molar-refractivity contribution in [2.24, 2.45) is 17.8 Å². The third-order valence-electron chi connectivity index (χ3n) is 3.14. The molecule has 52 valence electrons. The third kappa shape index (κ3) is 0.660. The van der Waals surface area contributed by atoms with Crippen LogP contribution in [0.4, 0.5) is 0 Å². The van der Waals surface area contributed by atoms with Gasteiger partial charge in [-0.05, 0) is 37.5 Å². The summed E-state index contributed by atoms with van der Waals surface area (Å²) in [6, 6.07) is 0. The molecule has 2 fully saturated rings. The van der Waals surface area contributed by atoms with E-state index in [9.17, 15) is 0 Å². The van der Waals surface area contributed by atoms with Crippen LogP contribution in [0.25, 0.3) is 0 Å². The van der Waals surface area contributed by atoms with Crippen LogP contribution in [-0.4, -0.2) is 4.87 Å². The van der Waals surface area contributed by atoms with Crippen LogP contribution in [0, 0.1) is 17.8 Å². The summed E-state index contributed by atoms with van der Waals surface area (Å²) < 4.78 is 0. The third-order valence-corrected chi connectivity index (χ3v) is 3.70. The van der Waals surface area contributed by atoms with E-state index in [0.29, 0.717) is 0 Å². The fourth-order valence-corrected chi connectivity index (χ4v) is 2.83. The average Bonchev–Trinajstić information content (AvgIpc) is 2.27. The van der Waals surface area contributed by atoms with Gasteiger partial charge in [-0.15, -0.1) is 11.6 Å². The number of alkyl halides is 1. The van der Waals surface area contributed by atoms with Gasteiger partial charge in [0.05, 0.1) is 0 Å². The summed E-state index contributed by atoms with van der Waals surface area (Å²) in [6.45, 7) is 4.52. The summed E-state index contributed by atoms with van der Waals surface area (Å²) >= 11 is 6.17. The van der Waals surface area contributed by atoms with E-state index in [1.54, 1.807) is 0 Å². The van der Waals surface area contributed by atoms with Crippen LogP contribution in [0.1, 0.15) is 26.7 Å². The molecular formula is C8H13Cl. The lowest BCUT2D eigenvalue weighted by Crippen LogP contribution is -2.04. The first-order chi connectivity index (χ1) is 4.12. The van der Waals surface area contributed by atoms with Crippen LogP contribution in [0.5, 0.6) is 0 Å². The number of hydrogen-bond donors (Lipinski definition) is 0. The monoisotopic (exact) mass is 144 g/mol. The Bertz CT molecular complexity index is 126. The fraction of sp³-hybridized carbons (Fsp3) is 1.00. The normalized spacial score (nSPS) is 63.7. The van der Waals surface area contributed by atoms with E-state index < -0.39 is 0 Å². The standard InChI is InChI=1S/C8H13Cl/c1-5-3-6-7(4-5)8(6,2)9/h5-7H,3-4H2,1-2H3. The Morgan fingerprint density at radius 1 is 1.33 bits per heavy atom. The van der Waals surface area contributed by atoms with Crippen molar-refractivity contribution in [3.8, 4) is 0 Å². The van der Waals surface area contributed by atoms with E-state index in [1.165, 1.54) is 12.8 Å². The molecular weight excluding hydrogens is 132 g/mol. The Morgan fingerprint density at radius 2 is 1.78 bits per heavy atom. The fourth-order valence-electron chi connectivity index (χ4n) is 2.41. The first kappa shape index (κ1) is 6.03. The van der Waals surface area contributed by atoms with Crippen LogP contribution in [0.3, 0.4) is 0 Å². The largest absolute Gasteiger partial charge is 0.119 e. The summed E-state index contributed by atoms with van der Waals surface area (Å²) in [5.41, 5.74) is 0. The van der Waals surface area contributed by atoms with Crippen molar-refractivity contribution >= 4 is 11.6 Å². The Balaban J connectivity index is 2.06. The summed E-state index contributed by atoms with van der Waals surface area (Å²) in [6.07, 6.45) is 2.76. The molecule has 0 aromatic heterocycles. The second-order valence-electron chi connectivity index (χ2n) is 3.94. The Morgan fingerprint density at radius 3 is 2.11 bits per heavy atom. The summed E-state index contributed by atoms with van der Waals surface area (Å²) in [4.78, 5) is 0.215. The Hall–Kier alpha value is 0.290. The summed E-state index contributed by atoms with van der Waals surface area (Å²) in [5, 5.41) is 0. The second kappa shape index (κ2) is 1.47. The van der Waals surface area contributed by atoms with Crippen molar-refractivity contribution in [1.82, 2.24) is 0 Å². The van der Waals surface area contributed by atoms with Gasteiger partial charge in [0, 0.05) is 4.87 Å². The molecule has 2 unspecified atom stereocenters. The minimum Gasteiger partial charge on any atom is -0.119 e. The van der Waals surface area contributed by atoms with E-state index in [-0.39, 0.29) is 4.87 Å². The molecule has 0 heterocycles. The van der Waals surface area contributed by atoms with E-state index in [4.69, 9.17) is 11.6 Å². The maximum atomic E-state index is 6.17. The zero-order valence-electron chi connectivity index (χ0n) is 6.02. The van der Waals surface area contributed by atoms with Crippen molar-refractivity contribution in [2.75, 3.05) is 0 Å². The van der Waals surface area contributed by atoms with Gasteiger partial charge in [0.1, 0.15) is 0 Å². The highest BCUT2D eigenvalue weighted by Gasteiger charge is 2.63. The molecule has 2 rings (SSSR count). The predicted molar refractivity (Wildman–Crippen MR) is 39.6 cm³/mol. The van der Waals surface area contributed by atoms with E-state index in [0.717, 1.165) is 17.8 Å². The number of hydrogen-bond acceptors (Lipinski definition) is 0. The zero-order chi connectivity index (χ0) is 6.65. The summed E-state index contributed by atoms with van der Waals surface area (Å²) in [5.74, 6) is 2.69. The lowest BCUT2D eigenvalue weighted by Gasteiger charge is -2.09. The number of rotatable bonds is 0. The van der Waals surface area contributed by atoms with Crippen molar-refractivity contribution in [3.63, 3.8) is 0 Å². The Labute approximate surface area is 61.6 Å². The average molecular weight is 145 g/mol. The molecule has 0 N–H and O–H groups in total. The minimum atomic E-state index is 0.215. The number of fused-ring (bicyclic) bond motifs is 1. The highest BCUT2D eigenvalue weighted by atomic mass is 35.5. The Kier molecular flexibility index (Phi) is 0.987. The number of halogens is 1. The van der Waals surface area contributed by atoms with Gasteiger partial charge in [-0.1, -0.05) is 6.92 Å². The molecule has 0 aliphatic heterocycles. The molecule has 2 saturated carbocycles. The zero-order valence-corrected chi connectivity index (χ0v) is 6.78. The van der Waals surface area contributed by atoms with Gasteiger partial charge < -0.3 is 0 Å². The molecule has 0 radical (unpaired) electrons. The molecule has 9 heavy (non-hydrogen) atoms. The second-order valence-corrected chi connectivity index (χ2v) is 4.76. The molecule has 0 aromatic carbocycles. The maximum Gasteiger partial charge on any atom is 0.0481 e. The highest BCUT2D eigenvalue weighted by Crippen LogP contribution is 2.65. The molecule has 0 bridgehead atoms. The van der Waals surface area contributed by atoms with Gasteiger partial charge in [0.25, 0.3) is 0 Å². The highest BCUT2D eigenvalue weighted by molar-refractivity contribution is 6.26. The molecule has 2 atom stereocenters. The van der Waals surface area contributed by atoms with Crippen LogP contribution in [0.2, 0.25) is 0 Å². The van der Waals surface area contributed by atoms with Crippen LogP contribution in [-0.2, 0) is 0 Å². The smallest absolute Gasteiger partial charge is 0.0481 e. The van der Waals surface area contributed by atoms with E-state index in [1.807, 2.05) is 0 Å². The topological polar surface area (TPSA) is 0 Å². The first-order valence-electron chi connectivity index (χ1n) is 3.81. The van der Waals surface area contributed by atoms with Gasteiger partial charge in [-0.3, -0.25) is 0 Å². The van der Waals surface area contributed by atoms with Crippen molar-refractivity contribution in [1.29, 1.82) is 0 Å². The molecule has 0 nitrogen and oxygen atoms in total. The SMILES string of the molecule is CC1CC2C(C1)C2(C)Cl. The first-order valence-corrected chi connectivity index (χ1v) is 4.19. The molecule has 0 amide bonds. The summed E-state index contributed by atoms with van der Waals surface area (Å²) in [7, 11) is 0. The molecule has 2 aliphatic carbocycles. The van der Waals surface area contributed by atoms with E-state index >= 15 is 0 Å². The van der Waals surface area contributed by atoms with Crippen LogP contribution in [0.15, 0.2) is 0 Å². The lowest BCUT2D eigenvalue weighted by atomic mass is 10.0. The molecule has 2 aliphatic rings. The lowest BCUT2D eigenvalue weighted by molar-refractivity contribution is 0.500.